The molecule has 2 amide bonds. The number of carbonyl (C=O) groups is 1. The maximum Gasteiger partial charge on any atom is 0.343 e. The maximum atomic E-state index is 12.8. The van der Waals surface area contributed by atoms with E-state index in [0.717, 1.165) is 12.0 Å². The molecule has 1 aliphatic heterocycles. The number of carbonyl (C=O) groups excluding carboxylic acids is 1. The second kappa shape index (κ2) is 6.42. The van der Waals surface area contributed by atoms with E-state index >= 15 is 0 Å². The van der Waals surface area contributed by atoms with Crippen LogP contribution in [-0.4, -0.2) is 32.2 Å². The van der Waals surface area contributed by atoms with Gasteiger partial charge in [0.2, 0.25) is 0 Å². The van der Waals surface area contributed by atoms with Crippen LogP contribution >= 0.6 is 0 Å². The van der Waals surface area contributed by atoms with Gasteiger partial charge in [0, 0.05) is 25.2 Å². The summed E-state index contributed by atoms with van der Waals surface area (Å²) in [6.07, 6.45) is 6.57. The zero-order valence-corrected chi connectivity index (χ0v) is 14.3. The quantitative estimate of drug-likeness (QED) is 0.864. The molecule has 134 valence electrons. The number of hydrogen-bond acceptors (Lipinski definition) is 4. The lowest BCUT2D eigenvalue weighted by Crippen LogP contribution is -2.41. The minimum absolute atomic E-state index is 0.118. The number of nitrogens with one attached hydrogen (secondary N) is 2. The lowest BCUT2D eigenvalue weighted by molar-refractivity contribution is 0.177. The van der Waals surface area contributed by atoms with Crippen LogP contribution in [-0.2, 0) is 13.1 Å². The maximum absolute atomic E-state index is 12.8. The standard InChI is InChI=1S/C17H23N5O3/c1-2-21-15(19-20-17(21)24)14-13(12-3-4-12)5-7-22(14)16(23)18-9-11-6-8-25-10-11/h6,8,10,12-14H,2-5,7,9H2,1H3,(H,18,23)(H,20,24). The summed E-state index contributed by atoms with van der Waals surface area (Å²) >= 11 is 0. The Morgan fingerprint density at radius 3 is 2.96 bits per heavy atom. The number of nitrogens with zero attached hydrogens (tertiary/aromatic N) is 3. The Kier molecular flexibility index (Phi) is 4.10. The SMILES string of the molecule is CCn1c(C2C(C3CC3)CCN2C(=O)NCc2ccoc2)n[nH]c1=O. The highest BCUT2D eigenvalue weighted by Gasteiger charge is 2.47. The van der Waals surface area contributed by atoms with Gasteiger partial charge in [0.05, 0.1) is 18.6 Å². The van der Waals surface area contributed by atoms with Gasteiger partial charge in [0.25, 0.3) is 0 Å². The molecule has 0 spiro atoms. The van der Waals surface area contributed by atoms with E-state index in [-0.39, 0.29) is 17.8 Å². The van der Waals surface area contributed by atoms with Crippen molar-refractivity contribution in [2.45, 2.75) is 45.3 Å². The number of likely N-dealkylation sites (tertiary alicyclic amines) is 1. The molecule has 4 rings (SSSR count). The highest BCUT2D eigenvalue weighted by Crippen LogP contribution is 2.49. The first-order chi connectivity index (χ1) is 12.2. The number of H-pyrrole nitrogens is 1. The summed E-state index contributed by atoms with van der Waals surface area (Å²) in [5.74, 6) is 1.69. The fourth-order valence-electron chi connectivity index (χ4n) is 3.93. The van der Waals surface area contributed by atoms with Gasteiger partial charge in [-0.3, -0.25) is 4.57 Å². The topological polar surface area (TPSA) is 96.2 Å². The third kappa shape index (κ3) is 2.96. The van der Waals surface area contributed by atoms with Crippen molar-refractivity contribution in [2.75, 3.05) is 6.54 Å². The van der Waals surface area contributed by atoms with E-state index in [1.807, 2.05) is 17.9 Å². The highest BCUT2D eigenvalue weighted by atomic mass is 16.3. The molecule has 0 bridgehead atoms. The van der Waals surface area contributed by atoms with Gasteiger partial charge in [-0.15, -0.1) is 0 Å². The number of rotatable bonds is 5. The summed E-state index contributed by atoms with van der Waals surface area (Å²) < 4.78 is 6.68. The van der Waals surface area contributed by atoms with Gasteiger partial charge in [-0.25, -0.2) is 14.7 Å². The monoisotopic (exact) mass is 345 g/mol. The van der Waals surface area contributed by atoms with Crippen LogP contribution in [0.15, 0.2) is 27.8 Å². The average Bonchev–Trinajstić information content (AvgIpc) is 3.02. The predicted octanol–water partition coefficient (Wildman–Crippen LogP) is 1.87. The fraction of sp³-hybridized carbons (Fsp3) is 0.588. The number of furan rings is 1. The van der Waals surface area contributed by atoms with Gasteiger partial charge < -0.3 is 14.6 Å². The molecule has 0 radical (unpaired) electrons. The van der Waals surface area contributed by atoms with E-state index < -0.39 is 0 Å². The summed E-state index contributed by atoms with van der Waals surface area (Å²) in [5, 5.41) is 9.76. The lowest BCUT2D eigenvalue weighted by atomic mass is 9.94. The van der Waals surface area contributed by atoms with E-state index in [9.17, 15) is 9.59 Å². The third-order valence-corrected chi connectivity index (χ3v) is 5.33. The Balaban J connectivity index is 1.57. The first-order valence-corrected chi connectivity index (χ1v) is 8.89. The van der Waals surface area contributed by atoms with Crippen LogP contribution in [0, 0.1) is 11.8 Å². The number of amides is 2. The van der Waals surface area contributed by atoms with Crippen LogP contribution in [0.25, 0.3) is 0 Å². The molecule has 2 unspecified atom stereocenters. The van der Waals surface area contributed by atoms with Crippen molar-refractivity contribution in [1.29, 1.82) is 0 Å². The summed E-state index contributed by atoms with van der Waals surface area (Å²) in [6.45, 7) is 3.58. The van der Waals surface area contributed by atoms with Gasteiger partial charge in [0.15, 0.2) is 5.82 Å². The van der Waals surface area contributed by atoms with E-state index in [0.29, 0.717) is 37.3 Å². The molecule has 2 atom stereocenters. The molecule has 3 heterocycles. The van der Waals surface area contributed by atoms with Gasteiger partial charge in [-0.2, -0.15) is 5.10 Å². The van der Waals surface area contributed by atoms with E-state index in [1.54, 1.807) is 17.1 Å². The Labute approximate surface area is 145 Å². The van der Waals surface area contributed by atoms with Gasteiger partial charge in [-0.05, 0) is 44.1 Å². The minimum atomic E-state index is -0.210. The molecular formula is C17H23N5O3. The molecule has 0 aromatic carbocycles. The summed E-state index contributed by atoms with van der Waals surface area (Å²) in [6, 6.07) is 1.57. The van der Waals surface area contributed by atoms with Crippen molar-refractivity contribution in [3.05, 3.63) is 40.5 Å². The Morgan fingerprint density at radius 2 is 2.28 bits per heavy atom. The molecule has 2 fully saturated rings. The zero-order chi connectivity index (χ0) is 17.4. The highest BCUT2D eigenvalue weighted by molar-refractivity contribution is 5.75. The molecule has 25 heavy (non-hydrogen) atoms. The molecule has 1 saturated carbocycles. The third-order valence-electron chi connectivity index (χ3n) is 5.33. The zero-order valence-electron chi connectivity index (χ0n) is 14.3. The minimum Gasteiger partial charge on any atom is -0.472 e. The smallest absolute Gasteiger partial charge is 0.343 e. The van der Waals surface area contributed by atoms with Gasteiger partial charge >= 0.3 is 11.7 Å². The predicted molar refractivity (Wildman–Crippen MR) is 89.7 cm³/mol. The average molecular weight is 345 g/mol. The van der Waals surface area contributed by atoms with Crippen LogP contribution < -0.4 is 11.0 Å². The van der Waals surface area contributed by atoms with Crippen molar-refractivity contribution in [3.8, 4) is 0 Å². The molecule has 8 heteroatoms. The first kappa shape index (κ1) is 16.0. The van der Waals surface area contributed by atoms with Crippen LogP contribution in [0.3, 0.4) is 0 Å². The van der Waals surface area contributed by atoms with Gasteiger partial charge in [-0.1, -0.05) is 0 Å². The second-order valence-corrected chi connectivity index (χ2v) is 6.85. The first-order valence-electron chi connectivity index (χ1n) is 8.89. The van der Waals surface area contributed by atoms with E-state index in [1.165, 1.54) is 12.8 Å². The number of urea groups is 1. The second-order valence-electron chi connectivity index (χ2n) is 6.85. The molecule has 8 nitrogen and oxygen atoms in total. The molecule has 2 aromatic rings. The number of hydrogen-bond donors (Lipinski definition) is 2. The Bertz CT molecular complexity index is 790. The van der Waals surface area contributed by atoms with Crippen LogP contribution in [0.5, 0.6) is 0 Å². The largest absolute Gasteiger partial charge is 0.472 e. The van der Waals surface area contributed by atoms with Crippen molar-refractivity contribution < 1.29 is 9.21 Å². The van der Waals surface area contributed by atoms with Crippen LogP contribution in [0.1, 0.15) is 43.6 Å². The lowest BCUT2D eigenvalue weighted by Gasteiger charge is -2.28. The fourth-order valence-corrected chi connectivity index (χ4v) is 3.93. The molecule has 1 aliphatic carbocycles. The molecule has 2 N–H and O–H groups in total. The van der Waals surface area contributed by atoms with Crippen LogP contribution in [0.2, 0.25) is 0 Å². The summed E-state index contributed by atoms with van der Waals surface area (Å²) in [7, 11) is 0. The summed E-state index contributed by atoms with van der Waals surface area (Å²) in [4.78, 5) is 26.6. The van der Waals surface area contributed by atoms with E-state index in [4.69, 9.17) is 4.42 Å². The molecule has 1 saturated heterocycles. The molecule has 2 aromatic heterocycles. The molecular weight excluding hydrogens is 322 g/mol. The number of aromatic nitrogens is 3. The van der Waals surface area contributed by atoms with Crippen LogP contribution in [0.4, 0.5) is 4.79 Å². The van der Waals surface area contributed by atoms with Gasteiger partial charge in [0.1, 0.15) is 0 Å². The molecule has 2 aliphatic rings. The normalized spacial score (nSPS) is 23.2. The van der Waals surface area contributed by atoms with E-state index in [2.05, 4.69) is 15.5 Å². The van der Waals surface area contributed by atoms with Crippen molar-refractivity contribution >= 4 is 6.03 Å². The Morgan fingerprint density at radius 1 is 1.44 bits per heavy atom. The van der Waals surface area contributed by atoms with Crippen molar-refractivity contribution in [3.63, 3.8) is 0 Å². The van der Waals surface area contributed by atoms with Crippen molar-refractivity contribution in [2.24, 2.45) is 11.8 Å². The summed E-state index contributed by atoms with van der Waals surface area (Å²) in [5.41, 5.74) is 0.714. The van der Waals surface area contributed by atoms with Crippen molar-refractivity contribution in [1.82, 2.24) is 25.0 Å². The number of aromatic amines is 1. The Hall–Kier alpha value is -2.51.